The number of ether oxygens (including phenoxy) is 1. The van der Waals surface area contributed by atoms with Crippen LogP contribution in [0.2, 0.25) is 5.02 Å². The van der Waals surface area contributed by atoms with E-state index in [0.29, 0.717) is 0 Å². The number of nitro groups is 1. The van der Waals surface area contributed by atoms with Gasteiger partial charge in [-0.1, -0.05) is 54.4 Å². The van der Waals surface area contributed by atoms with Crippen LogP contribution in [0.4, 0.5) is 11.4 Å². The highest BCUT2D eigenvalue weighted by molar-refractivity contribution is 7.92. The number of methoxy groups -OCH3 is 1. The highest BCUT2D eigenvalue weighted by Crippen LogP contribution is 2.36. The van der Waals surface area contributed by atoms with Crippen LogP contribution in [0, 0.1) is 24.0 Å². The number of aryl methyl sites for hydroxylation is 2. The zero-order valence-electron chi connectivity index (χ0n) is 26.5. The highest BCUT2D eigenvalue weighted by atomic mass is 35.5. The van der Waals surface area contributed by atoms with Crippen molar-refractivity contribution in [3.63, 3.8) is 0 Å². The van der Waals surface area contributed by atoms with Gasteiger partial charge in [0.05, 0.1) is 22.6 Å². The molecule has 1 atom stereocenters. The third-order valence-corrected chi connectivity index (χ3v) is 8.96. The second-order valence-electron chi connectivity index (χ2n) is 11.7. The number of nitro benzene ring substituents is 1. The van der Waals surface area contributed by atoms with E-state index in [1.807, 2.05) is 52.0 Å². The van der Waals surface area contributed by atoms with E-state index in [2.05, 4.69) is 5.32 Å². The first-order chi connectivity index (χ1) is 21.0. The van der Waals surface area contributed by atoms with Gasteiger partial charge in [0, 0.05) is 28.7 Å². The largest absolute Gasteiger partial charge is 0.495 e. The quantitative estimate of drug-likeness (QED) is 0.192. The third kappa shape index (κ3) is 8.73. The lowest BCUT2D eigenvalue weighted by molar-refractivity contribution is -0.385. The van der Waals surface area contributed by atoms with Crippen LogP contribution in [0.1, 0.15) is 50.8 Å². The molecular formula is C32H39ClN4O7S. The van der Waals surface area contributed by atoms with Crippen molar-refractivity contribution >= 4 is 44.8 Å². The predicted molar refractivity (Wildman–Crippen MR) is 174 cm³/mol. The van der Waals surface area contributed by atoms with Crippen molar-refractivity contribution in [2.24, 2.45) is 0 Å². The molecule has 0 bridgehead atoms. The fourth-order valence-corrected chi connectivity index (χ4v) is 6.43. The molecule has 3 aromatic carbocycles. The molecule has 3 rings (SSSR count). The number of amides is 2. The average Bonchev–Trinajstić information content (AvgIpc) is 2.94. The van der Waals surface area contributed by atoms with Gasteiger partial charge in [0.15, 0.2) is 0 Å². The van der Waals surface area contributed by atoms with Gasteiger partial charge >= 0.3 is 0 Å². The number of carbonyl (C=O) groups is 2. The molecule has 11 nitrogen and oxygen atoms in total. The summed E-state index contributed by atoms with van der Waals surface area (Å²) in [5, 5.41) is 14.8. The minimum absolute atomic E-state index is 0.0210. The second kappa shape index (κ2) is 14.3. The molecule has 0 aromatic heterocycles. The van der Waals surface area contributed by atoms with Gasteiger partial charge in [-0.15, -0.1) is 0 Å². The molecule has 0 radical (unpaired) electrons. The van der Waals surface area contributed by atoms with E-state index in [4.69, 9.17) is 16.3 Å². The zero-order valence-corrected chi connectivity index (χ0v) is 28.0. The van der Waals surface area contributed by atoms with Crippen LogP contribution in [0.5, 0.6) is 5.75 Å². The molecule has 1 N–H and O–H groups in total. The first-order valence-corrected chi connectivity index (χ1v) is 16.1. The summed E-state index contributed by atoms with van der Waals surface area (Å²) in [6.07, 6.45) is 0.247. The topological polar surface area (TPSA) is 139 Å². The average molecular weight is 659 g/mol. The van der Waals surface area contributed by atoms with Crippen molar-refractivity contribution in [1.82, 2.24) is 10.2 Å². The van der Waals surface area contributed by atoms with E-state index in [9.17, 15) is 28.1 Å². The molecule has 45 heavy (non-hydrogen) atoms. The monoisotopic (exact) mass is 658 g/mol. The number of sulfonamides is 1. The summed E-state index contributed by atoms with van der Waals surface area (Å²) in [5.74, 6) is -0.977. The third-order valence-electron chi connectivity index (χ3n) is 6.97. The first-order valence-electron chi connectivity index (χ1n) is 14.3. The molecule has 0 saturated carbocycles. The maximum absolute atomic E-state index is 14.3. The lowest BCUT2D eigenvalue weighted by Crippen LogP contribution is -2.55. The first kappa shape index (κ1) is 35.3. The Morgan fingerprint density at radius 1 is 1.07 bits per heavy atom. The molecular weight excluding hydrogens is 620 g/mol. The lowest BCUT2D eigenvalue weighted by Gasteiger charge is -2.35. The standard InChI is InChI=1S/C32H39ClN4O7S/c1-8-26(31(39)34-32(4,5)6)35(19-23-11-9-10-21(2)16-23)30(38)20-36(28-17-24(33)13-15-29(28)44-7)45(42,43)25-14-12-22(3)27(18-25)37(40)41/h9-18,26H,8,19-20H2,1-7H3,(H,34,39). The molecule has 13 heteroatoms. The molecule has 1 unspecified atom stereocenters. The maximum Gasteiger partial charge on any atom is 0.273 e. The van der Waals surface area contributed by atoms with E-state index in [0.717, 1.165) is 21.5 Å². The Kier molecular flexibility index (Phi) is 11.2. The van der Waals surface area contributed by atoms with Crippen molar-refractivity contribution < 1.29 is 27.7 Å². The smallest absolute Gasteiger partial charge is 0.273 e. The molecule has 2 amide bonds. The number of halogens is 1. The highest BCUT2D eigenvalue weighted by Gasteiger charge is 2.36. The number of anilines is 1. The van der Waals surface area contributed by atoms with Gasteiger partial charge in [0.25, 0.3) is 15.7 Å². The van der Waals surface area contributed by atoms with Crippen molar-refractivity contribution in [3.8, 4) is 5.75 Å². The Hall–Kier alpha value is -4.16. The maximum atomic E-state index is 14.3. The van der Waals surface area contributed by atoms with E-state index < -0.39 is 55.5 Å². The van der Waals surface area contributed by atoms with Gasteiger partial charge in [0.1, 0.15) is 18.3 Å². The van der Waals surface area contributed by atoms with Crippen LogP contribution < -0.4 is 14.4 Å². The van der Waals surface area contributed by atoms with Crippen molar-refractivity contribution in [2.45, 2.75) is 71.0 Å². The summed E-state index contributed by atoms with van der Waals surface area (Å²) >= 11 is 6.28. The SMILES string of the molecule is CCC(C(=O)NC(C)(C)C)N(Cc1cccc(C)c1)C(=O)CN(c1cc(Cl)ccc1OC)S(=O)(=O)c1ccc(C)c([N+](=O)[O-])c1. The second-order valence-corrected chi connectivity index (χ2v) is 14.0. The molecule has 0 heterocycles. The molecule has 0 aliphatic rings. The molecule has 0 spiro atoms. The van der Waals surface area contributed by atoms with E-state index in [1.54, 1.807) is 6.92 Å². The number of hydrogen-bond acceptors (Lipinski definition) is 7. The Morgan fingerprint density at radius 3 is 2.33 bits per heavy atom. The summed E-state index contributed by atoms with van der Waals surface area (Å²) in [6.45, 7) is 9.90. The van der Waals surface area contributed by atoms with Crippen molar-refractivity contribution in [3.05, 3.63) is 92.5 Å². The Balaban J connectivity index is 2.20. The van der Waals surface area contributed by atoms with Gasteiger partial charge in [-0.3, -0.25) is 24.0 Å². The fraction of sp³-hybridized carbons (Fsp3) is 0.375. The molecule has 0 saturated heterocycles. The van der Waals surface area contributed by atoms with E-state index in [1.165, 1.54) is 49.3 Å². The molecule has 0 aliphatic heterocycles. The number of hydrogen-bond donors (Lipinski definition) is 1. The van der Waals surface area contributed by atoms with Crippen LogP contribution >= 0.6 is 11.6 Å². The van der Waals surface area contributed by atoms with E-state index in [-0.39, 0.29) is 35.0 Å². The fourth-order valence-electron chi connectivity index (χ4n) is 4.82. The van der Waals surface area contributed by atoms with Gasteiger partial charge in [-0.05, 0) is 70.9 Å². The number of carbonyl (C=O) groups excluding carboxylic acids is 2. The Morgan fingerprint density at radius 2 is 1.76 bits per heavy atom. The zero-order chi connectivity index (χ0) is 33.7. The Bertz CT molecular complexity index is 1690. The van der Waals surface area contributed by atoms with Crippen LogP contribution in [0.3, 0.4) is 0 Å². The number of rotatable bonds is 12. The number of benzene rings is 3. The summed E-state index contributed by atoms with van der Waals surface area (Å²) in [4.78, 5) is 39.8. The minimum atomic E-state index is -4.62. The van der Waals surface area contributed by atoms with Gasteiger partial charge in [0.2, 0.25) is 11.8 Å². The molecule has 242 valence electrons. The van der Waals surface area contributed by atoms with Gasteiger partial charge in [-0.2, -0.15) is 0 Å². The van der Waals surface area contributed by atoms with Gasteiger partial charge < -0.3 is 15.0 Å². The van der Waals surface area contributed by atoms with Crippen LogP contribution in [-0.4, -0.2) is 55.3 Å². The molecule has 0 fully saturated rings. The van der Waals surface area contributed by atoms with Gasteiger partial charge in [-0.25, -0.2) is 8.42 Å². The number of nitrogens with zero attached hydrogens (tertiary/aromatic N) is 3. The van der Waals surface area contributed by atoms with Crippen molar-refractivity contribution in [1.29, 1.82) is 0 Å². The number of nitrogens with one attached hydrogen (secondary N) is 1. The van der Waals surface area contributed by atoms with Crippen LogP contribution in [-0.2, 0) is 26.2 Å². The summed E-state index contributed by atoms with van der Waals surface area (Å²) in [5.41, 5.74) is 0.916. The lowest BCUT2D eigenvalue weighted by atomic mass is 10.0. The predicted octanol–water partition coefficient (Wildman–Crippen LogP) is 5.79. The normalized spacial score (nSPS) is 12.3. The summed E-state index contributed by atoms with van der Waals surface area (Å²) in [7, 11) is -3.29. The summed E-state index contributed by atoms with van der Waals surface area (Å²) in [6, 6.07) is 14.3. The Labute approximate surface area is 269 Å². The van der Waals surface area contributed by atoms with Crippen LogP contribution in [0.25, 0.3) is 0 Å². The summed E-state index contributed by atoms with van der Waals surface area (Å²) < 4.78 is 34.8. The van der Waals surface area contributed by atoms with Crippen molar-refractivity contribution in [2.75, 3.05) is 18.0 Å². The molecule has 3 aromatic rings. The molecule has 0 aliphatic carbocycles. The van der Waals surface area contributed by atoms with E-state index >= 15 is 0 Å². The van der Waals surface area contributed by atoms with Crippen LogP contribution in [0.15, 0.2) is 65.6 Å². The minimum Gasteiger partial charge on any atom is -0.495 e.